The summed E-state index contributed by atoms with van der Waals surface area (Å²) < 4.78 is 0.470. The molecule has 1 saturated heterocycles. The van der Waals surface area contributed by atoms with Crippen molar-refractivity contribution in [1.82, 2.24) is 14.9 Å². The first-order valence-electron chi connectivity index (χ1n) is 8.30. The van der Waals surface area contributed by atoms with E-state index >= 15 is 0 Å². The van der Waals surface area contributed by atoms with Gasteiger partial charge in [0.05, 0.1) is 5.69 Å². The number of amides is 1. The third-order valence-electron chi connectivity index (χ3n) is 4.28. The minimum atomic E-state index is -0.0823. The Balaban J connectivity index is 1.75. The summed E-state index contributed by atoms with van der Waals surface area (Å²) in [6.07, 6.45) is 2.72. The molecule has 1 aliphatic heterocycles. The highest BCUT2D eigenvalue weighted by molar-refractivity contribution is 7.71. The van der Waals surface area contributed by atoms with E-state index < -0.39 is 0 Å². The molecular weight excluding hydrogens is 368 g/mol. The number of pyridine rings is 1. The first kappa shape index (κ1) is 18.4. The van der Waals surface area contributed by atoms with Crippen LogP contribution < -0.4 is 9.80 Å². The van der Waals surface area contributed by atoms with Crippen molar-refractivity contribution in [2.45, 2.75) is 6.42 Å². The van der Waals surface area contributed by atoms with Gasteiger partial charge in [-0.2, -0.15) is 5.26 Å². The SMILES string of the molecule is CN(C)C(=O)c1csc(N2CCCN(c3cc[nH]c(=S)c3C#N)CC2)n1. The molecule has 9 heteroatoms. The molecule has 3 rings (SSSR count). The van der Waals surface area contributed by atoms with Crippen LogP contribution in [0.4, 0.5) is 10.8 Å². The number of nitrogens with one attached hydrogen (secondary N) is 1. The van der Waals surface area contributed by atoms with Crippen molar-refractivity contribution in [2.75, 3.05) is 50.1 Å². The number of thiazole rings is 1. The Hall–Kier alpha value is -2.44. The maximum atomic E-state index is 12.0. The maximum absolute atomic E-state index is 12.0. The van der Waals surface area contributed by atoms with Gasteiger partial charge in [-0.3, -0.25) is 4.79 Å². The van der Waals surface area contributed by atoms with Gasteiger partial charge in [0.15, 0.2) is 5.13 Å². The van der Waals surface area contributed by atoms with Gasteiger partial charge in [0, 0.05) is 51.9 Å². The zero-order valence-electron chi connectivity index (χ0n) is 14.7. The first-order chi connectivity index (χ1) is 12.5. The minimum absolute atomic E-state index is 0.0823. The number of aromatic nitrogens is 2. The largest absolute Gasteiger partial charge is 0.368 e. The zero-order valence-corrected chi connectivity index (χ0v) is 16.4. The Kier molecular flexibility index (Phi) is 5.54. The third-order valence-corrected chi connectivity index (χ3v) is 5.50. The molecule has 3 heterocycles. The van der Waals surface area contributed by atoms with E-state index in [0.717, 1.165) is 43.4 Å². The summed E-state index contributed by atoms with van der Waals surface area (Å²) in [5.41, 5.74) is 1.88. The van der Waals surface area contributed by atoms with Crippen LogP contribution in [0.1, 0.15) is 22.5 Å². The van der Waals surface area contributed by atoms with E-state index in [9.17, 15) is 10.1 Å². The van der Waals surface area contributed by atoms with Crippen LogP contribution in [-0.4, -0.2) is 61.0 Å². The average molecular weight is 389 g/mol. The second kappa shape index (κ2) is 7.85. The molecule has 26 heavy (non-hydrogen) atoms. The van der Waals surface area contributed by atoms with Gasteiger partial charge in [-0.1, -0.05) is 12.2 Å². The van der Waals surface area contributed by atoms with Gasteiger partial charge in [0.1, 0.15) is 22.0 Å². The van der Waals surface area contributed by atoms with E-state index in [0.29, 0.717) is 15.9 Å². The highest BCUT2D eigenvalue weighted by atomic mass is 32.1. The van der Waals surface area contributed by atoms with Gasteiger partial charge >= 0.3 is 0 Å². The number of H-pyrrole nitrogens is 1. The fourth-order valence-corrected chi connectivity index (χ4v) is 4.00. The van der Waals surface area contributed by atoms with Crippen LogP contribution in [0.5, 0.6) is 0 Å². The number of aromatic amines is 1. The number of nitriles is 1. The Bertz CT molecular complexity index is 897. The molecule has 0 unspecified atom stereocenters. The van der Waals surface area contributed by atoms with E-state index in [-0.39, 0.29) is 5.91 Å². The molecule has 2 aromatic rings. The van der Waals surface area contributed by atoms with Crippen LogP contribution in [0.25, 0.3) is 0 Å². The van der Waals surface area contributed by atoms with Crippen LogP contribution in [0, 0.1) is 16.0 Å². The van der Waals surface area contributed by atoms with Crippen LogP contribution in [0.2, 0.25) is 0 Å². The molecule has 1 aliphatic rings. The Morgan fingerprint density at radius 1 is 1.35 bits per heavy atom. The predicted molar refractivity (Wildman–Crippen MR) is 106 cm³/mol. The molecule has 0 aromatic carbocycles. The highest BCUT2D eigenvalue weighted by Gasteiger charge is 2.21. The number of hydrogen-bond acceptors (Lipinski definition) is 7. The van der Waals surface area contributed by atoms with Crippen molar-refractivity contribution < 1.29 is 4.79 Å². The molecule has 1 fully saturated rings. The number of rotatable bonds is 3. The van der Waals surface area contributed by atoms with Crippen molar-refractivity contribution in [2.24, 2.45) is 0 Å². The van der Waals surface area contributed by atoms with Crippen molar-refractivity contribution in [1.29, 1.82) is 5.26 Å². The average Bonchev–Trinajstić information content (AvgIpc) is 2.99. The molecular formula is C17H20N6OS2. The summed E-state index contributed by atoms with van der Waals surface area (Å²) in [6.45, 7) is 3.25. The van der Waals surface area contributed by atoms with Crippen LogP contribution >= 0.6 is 23.6 Å². The molecule has 7 nitrogen and oxygen atoms in total. The van der Waals surface area contributed by atoms with Gasteiger partial charge < -0.3 is 19.7 Å². The lowest BCUT2D eigenvalue weighted by molar-refractivity contribution is 0.0823. The minimum Gasteiger partial charge on any atom is -0.368 e. The fraction of sp³-hybridized carbons (Fsp3) is 0.412. The lowest BCUT2D eigenvalue weighted by Gasteiger charge is -2.24. The van der Waals surface area contributed by atoms with E-state index in [1.807, 2.05) is 11.4 Å². The normalized spacial score (nSPS) is 14.7. The number of carbonyl (C=O) groups excluding carboxylic acids is 1. The van der Waals surface area contributed by atoms with Gasteiger partial charge in [-0.15, -0.1) is 11.3 Å². The van der Waals surface area contributed by atoms with Crippen LogP contribution in [-0.2, 0) is 0 Å². The van der Waals surface area contributed by atoms with Crippen molar-refractivity contribution in [3.8, 4) is 6.07 Å². The van der Waals surface area contributed by atoms with Crippen molar-refractivity contribution in [3.63, 3.8) is 0 Å². The van der Waals surface area contributed by atoms with E-state index in [4.69, 9.17) is 12.2 Å². The predicted octanol–water partition coefficient (Wildman–Crippen LogP) is 2.49. The summed E-state index contributed by atoms with van der Waals surface area (Å²) in [5.74, 6) is -0.0823. The molecule has 2 aromatic heterocycles. The Morgan fingerprint density at radius 2 is 2.08 bits per heavy atom. The summed E-state index contributed by atoms with van der Waals surface area (Å²) in [6, 6.07) is 4.11. The molecule has 1 amide bonds. The molecule has 0 spiro atoms. The standard InChI is InChI=1S/C17H20N6OS2/c1-21(2)16(24)13-11-26-17(20-13)23-7-3-6-22(8-9-23)14-4-5-19-15(25)12(14)10-18/h4-5,11H,3,6-9H2,1-2H3,(H,19,25). The van der Waals surface area contributed by atoms with Gasteiger partial charge in [0.2, 0.25) is 0 Å². The molecule has 0 atom stereocenters. The molecule has 0 aliphatic carbocycles. The quantitative estimate of drug-likeness (QED) is 0.814. The first-order valence-corrected chi connectivity index (χ1v) is 9.59. The van der Waals surface area contributed by atoms with E-state index in [2.05, 4.69) is 25.8 Å². The zero-order chi connectivity index (χ0) is 18.7. The smallest absolute Gasteiger partial charge is 0.272 e. The summed E-state index contributed by atoms with van der Waals surface area (Å²) >= 11 is 6.72. The number of anilines is 2. The number of carbonyl (C=O) groups is 1. The molecule has 1 N–H and O–H groups in total. The monoisotopic (exact) mass is 388 g/mol. The lowest BCUT2D eigenvalue weighted by atomic mass is 10.2. The van der Waals surface area contributed by atoms with Crippen molar-refractivity contribution >= 4 is 40.3 Å². The Labute approximate surface area is 161 Å². The molecule has 136 valence electrons. The molecule has 0 bridgehead atoms. The highest BCUT2D eigenvalue weighted by Crippen LogP contribution is 2.25. The van der Waals surface area contributed by atoms with Gasteiger partial charge in [-0.25, -0.2) is 4.98 Å². The van der Waals surface area contributed by atoms with Gasteiger partial charge in [-0.05, 0) is 12.5 Å². The van der Waals surface area contributed by atoms with E-state index in [1.165, 1.54) is 16.2 Å². The van der Waals surface area contributed by atoms with Crippen molar-refractivity contribution in [3.05, 3.63) is 33.5 Å². The van der Waals surface area contributed by atoms with E-state index in [1.54, 1.807) is 20.3 Å². The summed E-state index contributed by atoms with van der Waals surface area (Å²) in [5, 5.41) is 12.1. The summed E-state index contributed by atoms with van der Waals surface area (Å²) in [7, 11) is 3.45. The molecule has 0 saturated carbocycles. The topological polar surface area (TPSA) is 79.3 Å². The van der Waals surface area contributed by atoms with Crippen LogP contribution in [0.15, 0.2) is 17.6 Å². The van der Waals surface area contributed by atoms with Crippen LogP contribution in [0.3, 0.4) is 0 Å². The molecule has 0 radical (unpaired) electrons. The third kappa shape index (κ3) is 3.71. The fourth-order valence-electron chi connectivity index (χ4n) is 2.93. The maximum Gasteiger partial charge on any atom is 0.272 e. The van der Waals surface area contributed by atoms with Gasteiger partial charge in [0.25, 0.3) is 5.91 Å². The lowest BCUT2D eigenvalue weighted by Crippen LogP contribution is -2.31. The number of hydrogen-bond donors (Lipinski definition) is 1. The second-order valence-corrected chi connectivity index (χ2v) is 7.47. The summed E-state index contributed by atoms with van der Waals surface area (Å²) in [4.78, 5) is 25.4. The second-order valence-electron chi connectivity index (χ2n) is 6.22. The Morgan fingerprint density at radius 3 is 2.81 bits per heavy atom. The number of nitrogens with zero attached hydrogens (tertiary/aromatic N) is 5.